The second-order valence-corrected chi connectivity index (χ2v) is 6.48. The molecule has 0 aliphatic heterocycles. The second kappa shape index (κ2) is 6.42. The van der Waals surface area contributed by atoms with Gasteiger partial charge in [0.05, 0.1) is 7.11 Å². The maximum Gasteiger partial charge on any atom is 0.123 e. The van der Waals surface area contributed by atoms with Crippen LogP contribution in [0, 0.1) is 5.41 Å². The molecule has 0 bridgehead atoms. The average Bonchev–Trinajstić information content (AvgIpc) is 2.58. The van der Waals surface area contributed by atoms with E-state index < -0.39 is 0 Å². The molecule has 1 atom stereocenters. The normalized spacial score (nSPS) is 22.8. The number of hydrogen-bond donors (Lipinski definition) is 1. The van der Waals surface area contributed by atoms with Crippen molar-refractivity contribution >= 4 is 0 Å². The number of nitrogens with one attached hydrogen (secondary N) is 1. The van der Waals surface area contributed by atoms with E-state index in [4.69, 9.17) is 4.74 Å². The lowest BCUT2D eigenvalue weighted by molar-refractivity contribution is 0.309. The van der Waals surface area contributed by atoms with Gasteiger partial charge in [0, 0.05) is 18.2 Å². The van der Waals surface area contributed by atoms with E-state index in [1.165, 1.54) is 37.7 Å². The first-order valence-corrected chi connectivity index (χ1v) is 7.46. The van der Waals surface area contributed by atoms with Gasteiger partial charge in [-0.25, -0.2) is 0 Å². The van der Waals surface area contributed by atoms with Crippen LogP contribution in [0.5, 0.6) is 5.75 Å². The molecule has 2 heteroatoms. The molecule has 0 radical (unpaired) electrons. The van der Waals surface area contributed by atoms with Gasteiger partial charge in [0.2, 0.25) is 0 Å². The smallest absolute Gasteiger partial charge is 0.123 e. The van der Waals surface area contributed by atoms with Gasteiger partial charge in [0.1, 0.15) is 5.75 Å². The summed E-state index contributed by atoms with van der Waals surface area (Å²) in [7, 11) is 1.74. The van der Waals surface area contributed by atoms with Crippen molar-refractivity contribution in [3.05, 3.63) is 29.8 Å². The molecular formula is C17H27NO. The lowest BCUT2D eigenvalue weighted by Gasteiger charge is -2.22. The molecule has 1 aliphatic rings. The molecule has 19 heavy (non-hydrogen) atoms. The summed E-state index contributed by atoms with van der Waals surface area (Å²) in [5, 5.41) is 3.71. The standard InChI is InChI=1S/C17H27NO/c1-17(2)11-6-8-15(10-12-17)18-13-14-7-4-5-9-16(14)19-3/h4-5,7,9,15,18H,6,8,10-13H2,1-3H3. The van der Waals surface area contributed by atoms with Gasteiger partial charge in [-0.2, -0.15) is 0 Å². The monoisotopic (exact) mass is 261 g/mol. The van der Waals surface area contributed by atoms with Crippen LogP contribution in [0.2, 0.25) is 0 Å². The Labute approximate surface area is 117 Å². The van der Waals surface area contributed by atoms with Gasteiger partial charge in [0.25, 0.3) is 0 Å². The molecule has 0 saturated heterocycles. The minimum Gasteiger partial charge on any atom is -0.496 e. The minimum absolute atomic E-state index is 0.529. The van der Waals surface area contributed by atoms with E-state index in [-0.39, 0.29) is 0 Å². The second-order valence-electron chi connectivity index (χ2n) is 6.48. The highest BCUT2D eigenvalue weighted by Gasteiger charge is 2.24. The van der Waals surface area contributed by atoms with Crippen LogP contribution in [0.25, 0.3) is 0 Å². The Morgan fingerprint density at radius 1 is 1.21 bits per heavy atom. The van der Waals surface area contributed by atoms with E-state index in [1.807, 2.05) is 12.1 Å². The average molecular weight is 261 g/mol. The summed E-state index contributed by atoms with van der Waals surface area (Å²) >= 11 is 0. The predicted molar refractivity (Wildman–Crippen MR) is 80.5 cm³/mol. The fraction of sp³-hybridized carbons (Fsp3) is 0.647. The van der Waals surface area contributed by atoms with Gasteiger partial charge in [-0.3, -0.25) is 0 Å². The first-order valence-electron chi connectivity index (χ1n) is 7.46. The van der Waals surface area contributed by atoms with Crippen molar-refractivity contribution in [2.45, 2.75) is 58.5 Å². The molecular weight excluding hydrogens is 234 g/mol. The van der Waals surface area contributed by atoms with Crippen molar-refractivity contribution in [1.29, 1.82) is 0 Å². The van der Waals surface area contributed by atoms with Gasteiger partial charge >= 0.3 is 0 Å². The van der Waals surface area contributed by atoms with Crippen LogP contribution in [-0.2, 0) is 6.54 Å². The lowest BCUT2D eigenvalue weighted by Crippen LogP contribution is -2.28. The van der Waals surface area contributed by atoms with E-state index in [1.54, 1.807) is 7.11 Å². The highest BCUT2D eigenvalue weighted by atomic mass is 16.5. The Morgan fingerprint density at radius 2 is 2.00 bits per heavy atom. The van der Waals surface area contributed by atoms with Crippen LogP contribution in [0.1, 0.15) is 51.5 Å². The molecule has 2 rings (SSSR count). The summed E-state index contributed by atoms with van der Waals surface area (Å²) in [4.78, 5) is 0. The third kappa shape index (κ3) is 4.24. The van der Waals surface area contributed by atoms with Crippen molar-refractivity contribution in [1.82, 2.24) is 5.32 Å². The van der Waals surface area contributed by atoms with E-state index in [9.17, 15) is 0 Å². The molecule has 1 aliphatic carbocycles. The van der Waals surface area contributed by atoms with Crippen LogP contribution in [-0.4, -0.2) is 13.2 Å². The Hall–Kier alpha value is -1.02. The first-order chi connectivity index (χ1) is 9.11. The van der Waals surface area contributed by atoms with Gasteiger partial charge in [-0.05, 0) is 37.2 Å². The van der Waals surface area contributed by atoms with Crippen molar-refractivity contribution in [3.8, 4) is 5.75 Å². The van der Waals surface area contributed by atoms with Crippen LogP contribution >= 0.6 is 0 Å². The van der Waals surface area contributed by atoms with Crippen molar-refractivity contribution in [2.24, 2.45) is 5.41 Å². The lowest BCUT2D eigenvalue weighted by atomic mass is 9.85. The quantitative estimate of drug-likeness (QED) is 0.822. The van der Waals surface area contributed by atoms with E-state index in [0.29, 0.717) is 11.5 Å². The molecule has 2 nitrogen and oxygen atoms in total. The molecule has 1 unspecified atom stereocenters. The summed E-state index contributed by atoms with van der Waals surface area (Å²) in [5.41, 5.74) is 1.79. The molecule has 1 N–H and O–H groups in total. The number of rotatable bonds is 4. The number of benzene rings is 1. The Bertz CT molecular complexity index is 400. The first kappa shape index (κ1) is 14.4. The van der Waals surface area contributed by atoms with Crippen molar-refractivity contribution < 1.29 is 4.74 Å². The molecule has 106 valence electrons. The largest absolute Gasteiger partial charge is 0.496 e. The zero-order valence-electron chi connectivity index (χ0n) is 12.5. The highest BCUT2D eigenvalue weighted by Crippen LogP contribution is 2.33. The molecule has 0 amide bonds. The Morgan fingerprint density at radius 3 is 2.79 bits per heavy atom. The zero-order valence-corrected chi connectivity index (χ0v) is 12.5. The van der Waals surface area contributed by atoms with Crippen molar-refractivity contribution in [3.63, 3.8) is 0 Å². The highest BCUT2D eigenvalue weighted by molar-refractivity contribution is 5.33. The third-order valence-electron chi connectivity index (χ3n) is 4.35. The fourth-order valence-corrected chi connectivity index (χ4v) is 2.97. The number of hydrogen-bond acceptors (Lipinski definition) is 2. The SMILES string of the molecule is COc1ccccc1CNC1CCCC(C)(C)CC1. The number of ether oxygens (including phenoxy) is 1. The van der Waals surface area contributed by atoms with E-state index in [2.05, 4.69) is 31.3 Å². The van der Waals surface area contributed by atoms with Crippen LogP contribution in [0.4, 0.5) is 0 Å². The molecule has 1 aromatic carbocycles. The van der Waals surface area contributed by atoms with Gasteiger partial charge in [-0.1, -0.05) is 38.5 Å². The van der Waals surface area contributed by atoms with Gasteiger partial charge in [-0.15, -0.1) is 0 Å². The van der Waals surface area contributed by atoms with Gasteiger partial charge < -0.3 is 10.1 Å². The van der Waals surface area contributed by atoms with Gasteiger partial charge in [0.15, 0.2) is 0 Å². The van der Waals surface area contributed by atoms with Crippen molar-refractivity contribution in [2.75, 3.05) is 7.11 Å². The summed E-state index contributed by atoms with van der Waals surface area (Å²) in [6.45, 7) is 5.71. The summed E-state index contributed by atoms with van der Waals surface area (Å²) in [6, 6.07) is 8.94. The third-order valence-corrected chi connectivity index (χ3v) is 4.35. The zero-order chi connectivity index (χ0) is 13.7. The maximum absolute atomic E-state index is 5.40. The van der Waals surface area contributed by atoms with E-state index in [0.717, 1.165) is 12.3 Å². The molecule has 1 saturated carbocycles. The minimum atomic E-state index is 0.529. The Balaban J connectivity index is 1.88. The number of para-hydroxylation sites is 1. The molecule has 0 spiro atoms. The fourth-order valence-electron chi connectivity index (χ4n) is 2.97. The summed E-state index contributed by atoms with van der Waals surface area (Å²) < 4.78 is 5.40. The number of methoxy groups -OCH3 is 1. The molecule has 1 fully saturated rings. The molecule has 0 heterocycles. The topological polar surface area (TPSA) is 21.3 Å². The molecule has 0 aromatic heterocycles. The molecule has 1 aromatic rings. The van der Waals surface area contributed by atoms with Crippen LogP contribution in [0.15, 0.2) is 24.3 Å². The van der Waals surface area contributed by atoms with Crippen LogP contribution < -0.4 is 10.1 Å². The van der Waals surface area contributed by atoms with E-state index >= 15 is 0 Å². The summed E-state index contributed by atoms with van der Waals surface area (Å²) in [6.07, 6.45) is 6.63. The maximum atomic E-state index is 5.40. The van der Waals surface area contributed by atoms with Crippen LogP contribution in [0.3, 0.4) is 0 Å². The predicted octanol–water partition coefficient (Wildman–Crippen LogP) is 4.14. The summed E-state index contributed by atoms with van der Waals surface area (Å²) in [5.74, 6) is 0.990. The Kier molecular flexibility index (Phi) is 4.87.